The van der Waals surface area contributed by atoms with Crippen molar-refractivity contribution in [1.29, 1.82) is 0 Å². The number of halogens is 3. The minimum atomic E-state index is -4.88. The van der Waals surface area contributed by atoms with E-state index in [1.165, 1.54) is 29.9 Å². The van der Waals surface area contributed by atoms with Gasteiger partial charge in [0.15, 0.2) is 12.8 Å². The van der Waals surface area contributed by atoms with E-state index in [1.807, 2.05) is 0 Å². The number of carbonyl (C=O) groups excluding carboxylic acids is 1. The number of amides is 1. The molecule has 1 unspecified atom stereocenters. The smallest absolute Gasteiger partial charge is 0.404 e. The summed E-state index contributed by atoms with van der Waals surface area (Å²) < 4.78 is 47.1. The molecule has 2 N–H and O–H groups in total. The summed E-state index contributed by atoms with van der Waals surface area (Å²) in [5, 5.41) is 4.17. The van der Waals surface area contributed by atoms with Gasteiger partial charge in [-0.15, -0.1) is 13.2 Å². The summed E-state index contributed by atoms with van der Waals surface area (Å²) in [5.41, 5.74) is -0.756. The van der Waals surface area contributed by atoms with Gasteiger partial charge in [-0.05, 0) is 35.6 Å². The van der Waals surface area contributed by atoms with Crippen molar-refractivity contribution in [2.75, 3.05) is 5.32 Å². The minimum absolute atomic E-state index is 0.116. The van der Waals surface area contributed by atoms with Crippen LogP contribution in [-0.2, 0) is 11.8 Å². The second-order valence-electron chi connectivity index (χ2n) is 4.89. The number of hydrogen-bond acceptors (Lipinski definition) is 5. The maximum Gasteiger partial charge on any atom is 0.573 e. The van der Waals surface area contributed by atoms with Gasteiger partial charge in [0.1, 0.15) is 0 Å². The number of rotatable bonds is 6. The van der Waals surface area contributed by atoms with Gasteiger partial charge in [-0.2, -0.15) is 0 Å². The zero-order valence-electron chi connectivity index (χ0n) is 13.2. The Labute approximate surface area is 144 Å². The molecule has 0 aliphatic carbocycles. The maximum absolute atomic E-state index is 12.4. The molecule has 0 radical (unpaired) electrons. The Kier molecular flexibility index (Phi) is 5.77. The molecule has 2 aromatic rings. The molecular weight excluding hydrogens is 363 g/mol. The molecular formula is C14H15F3N3O4S+. The van der Waals surface area contributed by atoms with Crippen molar-refractivity contribution in [3.8, 4) is 5.75 Å². The van der Waals surface area contributed by atoms with Crippen molar-refractivity contribution in [3.63, 3.8) is 0 Å². The number of para-hydroxylation sites is 2. The maximum atomic E-state index is 12.4. The van der Waals surface area contributed by atoms with Crippen molar-refractivity contribution < 1.29 is 31.9 Å². The summed E-state index contributed by atoms with van der Waals surface area (Å²) in [5.74, 6) is -1.08. The van der Waals surface area contributed by atoms with E-state index in [4.69, 9.17) is 0 Å². The Hall–Kier alpha value is -2.43. The number of nitrogens with zero attached hydrogens (tertiary/aromatic N) is 1. The molecule has 11 heteroatoms. The molecule has 0 spiro atoms. The number of aryl methyl sites for hydroxylation is 1. The van der Waals surface area contributed by atoms with Gasteiger partial charge in [-0.1, -0.05) is 23.7 Å². The van der Waals surface area contributed by atoms with Crippen molar-refractivity contribution in [2.24, 2.45) is 7.05 Å². The van der Waals surface area contributed by atoms with Crippen molar-refractivity contribution >= 4 is 23.4 Å². The van der Waals surface area contributed by atoms with Crippen LogP contribution in [0.25, 0.3) is 0 Å². The van der Waals surface area contributed by atoms with E-state index in [-0.39, 0.29) is 10.7 Å². The highest BCUT2D eigenvalue weighted by atomic mass is 32.2. The van der Waals surface area contributed by atoms with Gasteiger partial charge in [-0.25, -0.2) is 4.79 Å². The molecule has 7 nitrogen and oxygen atoms in total. The van der Waals surface area contributed by atoms with E-state index < -0.39 is 28.9 Å². The van der Waals surface area contributed by atoms with Crippen molar-refractivity contribution in [1.82, 2.24) is 5.27 Å². The monoisotopic (exact) mass is 378 g/mol. The lowest BCUT2D eigenvalue weighted by molar-refractivity contribution is -0.772. The van der Waals surface area contributed by atoms with E-state index in [1.54, 1.807) is 6.92 Å². The number of benzene rings is 1. The van der Waals surface area contributed by atoms with Crippen LogP contribution in [0.5, 0.6) is 5.75 Å². The molecule has 1 atom stereocenters. The number of aromatic amines is 1. The summed E-state index contributed by atoms with van der Waals surface area (Å²) >= 11 is 0.945. The fourth-order valence-corrected chi connectivity index (χ4v) is 2.85. The third kappa shape index (κ3) is 5.02. The Morgan fingerprint density at radius 2 is 2.12 bits per heavy atom. The van der Waals surface area contributed by atoms with E-state index in [9.17, 15) is 22.8 Å². The highest BCUT2D eigenvalue weighted by Gasteiger charge is 2.33. The van der Waals surface area contributed by atoms with Crippen LogP contribution >= 0.6 is 11.8 Å². The molecule has 0 saturated heterocycles. The van der Waals surface area contributed by atoms with Crippen molar-refractivity contribution in [3.05, 3.63) is 34.7 Å². The van der Waals surface area contributed by atoms with Gasteiger partial charge in [0.25, 0.3) is 0 Å². The second-order valence-corrected chi connectivity index (χ2v) is 6.08. The molecule has 0 saturated carbocycles. The van der Waals surface area contributed by atoms with Gasteiger partial charge in [0.05, 0.1) is 10.9 Å². The first kappa shape index (κ1) is 18.9. The third-order valence-corrected chi connectivity index (χ3v) is 4.54. The largest absolute Gasteiger partial charge is 0.573 e. The third-order valence-electron chi connectivity index (χ3n) is 3.04. The number of carbonyl (C=O) groups is 1. The van der Waals surface area contributed by atoms with E-state index in [0.29, 0.717) is 6.42 Å². The van der Waals surface area contributed by atoms with E-state index in [0.717, 1.165) is 17.8 Å². The molecule has 136 valence electrons. The van der Waals surface area contributed by atoms with Crippen LogP contribution in [0.2, 0.25) is 0 Å². The molecule has 1 amide bonds. The SMILES string of the molecule is CCC(Sc1c(=O)o[nH][n+]1C)C(=O)Nc1ccccc1OC(F)(F)F. The number of aromatic nitrogens is 2. The first-order valence-electron chi connectivity index (χ1n) is 7.11. The lowest BCUT2D eigenvalue weighted by Crippen LogP contribution is -2.35. The van der Waals surface area contributed by atoms with Crippen LogP contribution in [0.15, 0.2) is 38.6 Å². The molecule has 0 aliphatic rings. The summed E-state index contributed by atoms with van der Waals surface area (Å²) in [7, 11) is 1.53. The van der Waals surface area contributed by atoms with Gasteiger partial charge in [-0.3, -0.25) is 9.32 Å². The predicted octanol–water partition coefficient (Wildman–Crippen LogP) is 2.20. The Bertz CT molecular complexity index is 803. The molecule has 0 fully saturated rings. The Morgan fingerprint density at radius 1 is 1.44 bits per heavy atom. The van der Waals surface area contributed by atoms with E-state index in [2.05, 4.69) is 19.8 Å². The summed E-state index contributed by atoms with van der Waals surface area (Å²) in [6.07, 6.45) is -4.54. The molecule has 1 aromatic carbocycles. The molecule has 0 aliphatic heterocycles. The normalized spacial score (nSPS) is 12.7. The Balaban J connectivity index is 2.16. The molecule has 25 heavy (non-hydrogen) atoms. The molecule has 2 rings (SSSR count). The van der Waals surface area contributed by atoms with Gasteiger partial charge in [0, 0.05) is 0 Å². The fourth-order valence-electron chi connectivity index (χ4n) is 1.91. The average Bonchev–Trinajstić information content (AvgIpc) is 2.84. The van der Waals surface area contributed by atoms with Gasteiger partial charge in [0.2, 0.25) is 5.91 Å². The van der Waals surface area contributed by atoms with Crippen LogP contribution in [0.4, 0.5) is 18.9 Å². The van der Waals surface area contributed by atoms with Crippen LogP contribution < -0.4 is 20.4 Å². The number of ether oxygens (including phenoxy) is 1. The highest BCUT2D eigenvalue weighted by Crippen LogP contribution is 2.31. The zero-order valence-corrected chi connectivity index (χ0v) is 14.0. The van der Waals surface area contributed by atoms with Gasteiger partial charge < -0.3 is 10.1 Å². The highest BCUT2D eigenvalue weighted by molar-refractivity contribution is 8.00. The summed E-state index contributed by atoms with van der Waals surface area (Å²) in [6, 6.07) is 5.21. The molecule has 1 aromatic heterocycles. The Morgan fingerprint density at radius 3 is 2.68 bits per heavy atom. The zero-order chi connectivity index (χ0) is 18.6. The van der Waals surface area contributed by atoms with Crippen LogP contribution in [-0.4, -0.2) is 22.8 Å². The number of hydrogen-bond donors (Lipinski definition) is 2. The number of nitrogens with one attached hydrogen (secondary N) is 2. The first-order valence-corrected chi connectivity index (χ1v) is 7.99. The fraction of sp³-hybridized carbons (Fsp3) is 0.357. The van der Waals surface area contributed by atoms with E-state index >= 15 is 0 Å². The molecule has 1 heterocycles. The van der Waals surface area contributed by atoms with Crippen LogP contribution in [0.3, 0.4) is 0 Å². The number of thioether (sulfide) groups is 1. The lowest BCUT2D eigenvalue weighted by atomic mass is 10.2. The molecule has 0 bridgehead atoms. The predicted molar refractivity (Wildman–Crippen MR) is 82.2 cm³/mol. The number of H-pyrrole nitrogens is 1. The van der Waals surface area contributed by atoms with Crippen LogP contribution in [0, 0.1) is 0 Å². The van der Waals surface area contributed by atoms with Gasteiger partial charge >= 0.3 is 17.0 Å². The second kappa shape index (κ2) is 7.64. The van der Waals surface area contributed by atoms with Crippen LogP contribution in [0.1, 0.15) is 13.3 Å². The first-order chi connectivity index (χ1) is 11.7. The quantitative estimate of drug-likeness (QED) is 0.594. The lowest BCUT2D eigenvalue weighted by Gasteiger charge is -2.16. The standard InChI is InChI=1S/C14H14F3N3O4S/c1-3-10(25-12-13(22)24-19-20(12)2)11(21)18-8-6-4-5-7-9(8)23-14(15,16)17/h4-7,10H,3H2,1-2H3,(H-,18,19,21,22)/p+1. The number of anilines is 1. The summed E-state index contributed by atoms with van der Waals surface area (Å²) in [4.78, 5) is 24.0. The summed E-state index contributed by atoms with van der Waals surface area (Å²) in [6.45, 7) is 1.71. The number of alkyl halides is 3. The van der Waals surface area contributed by atoms with Crippen molar-refractivity contribution in [2.45, 2.75) is 30.0 Å². The minimum Gasteiger partial charge on any atom is -0.404 e. The average molecular weight is 378 g/mol. The topological polar surface area (TPSA) is 88.2 Å².